The number of nitrogens with zero attached hydrogens (tertiary/aromatic N) is 1. The molecule has 1 amide bonds. The number of amides is 1. The third-order valence-electron chi connectivity index (χ3n) is 3.78. The van der Waals surface area contributed by atoms with E-state index in [1.165, 1.54) is 0 Å². The molecule has 0 heterocycles. The Morgan fingerprint density at radius 1 is 1.20 bits per heavy atom. The lowest BCUT2D eigenvalue weighted by molar-refractivity contribution is -0.923. The van der Waals surface area contributed by atoms with E-state index in [9.17, 15) is 17.8 Å². The van der Waals surface area contributed by atoms with Crippen molar-refractivity contribution in [2.24, 2.45) is 5.92 Å². The van der Waals surface area contributed by atoms with Gasteiger partial charge in [0.1, 0.15) is 0 Å². The number of carbonyl (C=O) groups is 1. The molecule has 0 spiro atoms. The molecular weight excluding hydrogens is 280 g/mol. The van der Waals surface area contributed by atoms with Gasteiger partial charge in [-0.1, -0.05) is 13.8 Å². The maximum absolute atomic E-state index is 11.5. The molecule has 0 unspecified atom stereocenters. The summed E-state index contributed by atoms with van der Waals surface area (Å²) in [5.41, 5.74) is 0. The predicted octanol–water partition coefficient (Wildman–Crippen LogP) is 0.551. The first-order valence-corrected chi connectivity index (χ1v) is 8.80. The lowest BCUT2D eigenvalue weighted by Gasteiger charge is -2.37. The van der Waals surface area contributed by atoms with Crippen molar-refractivity contribution in [3.05, 3.63) is 0 Å². The molecule has 0 radical (unpaired) electrons. The zero-order chi connectivity index (χ0) is 15.8. The van der Waals surface area contributed by atoms with E-state index in [-0.39, 0.29) is 17.6 Å². The largest absolute Gasteiger partial charge is 0.748 e. The molecule has 0 aromatic rings. The average Bonchev–Trinajstić information content (AvgIpc) is 2.35. The molecule has 0 atom stereocenters. The van der Waals surface area contributed by atoms with Crippen LogP contribution in [-0.2, 0) is 14.9 Å². The van der Waals surface area contributed by atoms with Gasteiger partial charge in [-0.3, -0.25) is 4.79 Å². The van der Waals surface area contributed by atoms with Gasteiger partial charge in [0.25, 0.3) is 0 Å². The summed E-state index contributed by atoms with van der Waals surface area (Å²) in [6, 6.07) is 0. The lowest BCUT2D eigenvalue weighted by atomic mass is 10.2. The zero-order valence-corrected chi connectivity index (χ0v) is 13.8. The molecule has 0 bridgehead atoms. The van der Waals surface area contributed by atoms with E-state index in [1.807, 2.05) is 27.7 Å². The molecule has 0 rings (SSSR count). The van der Waals surface area contributed by atoms with E-state index in [2.05, 4.69) is 5.32 Å². The van der Waals surface area contributed by atoms with E-state index in [0.29, 0.717) is 24.0 Å². The van der Waals surface area contributed by atoms with E-state index in [4.69, 9.17) is 0 Å². The summed E-state index contributed by atoms with van der Waals surface area (Å²) in [4.78, 5) is 11.5. The Morgan fingerprint density at radius 3 is 2.15 bits per heavy atom. The lowest BCUT2D eigenvalue weighted by Crippen LogP contribution is -2.52. The molecule has 0 fully saturated rings. The van der Waals surface area contributed by atoms with Crippen LogP contribution in [0.25, 0.3) is 0 Å². The predicted molar refractivity (Wildman–Crippen MR) is 78.1 cm³/mol. The Hall–Kier alpha value is -0.660. The van der Waals surface area contributed by atoms with E-state index < -0.39 is 10.1 Å². The van der Waals surface area contributed by atoms with Crippen LogP contribution in [0.4, 0.5) is 0 Å². The van der Waals surface area contributed by atoms with Crippen LogP contribution < -0.4 is 5.32 Å². The van der Waals surface area contributed by atoms with Crippen LogP contribution in [0.3, 0.4) is 0 Å². The van der Waals surface area contributed by atoms with Crippen molar-refractivity contribution in [1.29, 1.82) is 0 Å². The number of hydrogen-bond donors (Lipinski definition) is 1. The minimum atomic E-state index is -4.14. The normalized spacial score (nSPS) is 12.7. The summed E-state index contributed by atoms with van der Waals surface area (Å²) in [6.45, 7) is 11.4. The van der Waals surface area contributed by atoms with Crippen molar-refractivity contribution < 1.29 is 22.2 Å². The van der Waals surface area contributed by atoms with Crippen LogP contribution in [0.5, 0.6) is 0 Å². The average molecular weight is 308 g/mol. The first-order chi connectivity index (χ1) is 9.16. The van der Waals surface area contributed by atoms with Crippen molar-refractivity contribution in [3.63, 3.8) is 0 Å². The highest BCUT2D eigenvalue weighted by Crippen LogP contribution is 2.08. The number of hydrogen-bond acceptors (Lipinski definition) is 4. The van der Waals surface area contributed by atoms with Gasteiger partial charge in [0, 0.05) is 18.1 Å². The van der Waals surface area contributed by atoms with Gasteiger partial charge in [-0.15, -0.1) is 0 Å². The van der Waals surface area contributed by atoms with Gasteiger partial charge in [-0.25, -0.2) is 8.42 Å². The smallest absolute Gasteiger partial charge is 0.222 e. The second-order valence-electron chi connectivity index (χ2n) is 5.48. The quantitative estimate of drug-likeness (QED) is 0.472. The highest BCUT2D eigenvalue weighted by atomic mass is 32.2. The van der Waals surface area contributed by atoms with Crippen molar-refractivity contribution in [2.75, 3.05) is 38.5 Å². The number of nitrogens with one attached hydrogen (secondary N) is 1. The molecular formula is C13H28N2O4S. The number of quaternary nitrogens is 1. The Morgan fingerprint density at radius 2 is 1.75 bits per heavy atom. The molecule has 1 N–H and O–H groups in total. The number of carbonyl (C=O) groups excluding carboxylic acids is 1. The molecule has 0 aliphatic rings. The van der Waals surface area contributed by atoms with Crippen LogP contribution in [0.15, 0.2) is 0 Å². The summed E-state index contributed by atoms with van der Waals surface area (Å²) in [6.07, 6.45) is 0.367. The van der Waals surface area contributed by atoms with Crippen molar-refractivity contribution >= 4 is 16.0 Å². The Labute approximate surface area is 122 Å². The first kappa shape index (κ1) is 19.3. The standard InChI is InChI=1S/C13H28N2O4S/c1-5-15(6-2,9-7-11-20(17,18)19)10-8-14-13(16)12(3)4/h12H,5-11H2,1-4H3,(H-,14,16,17,18,19). The molecule has 6 nitrogen and oxygen atoms in total. The zero-order valence-electron chi connectivity index (χ0n) is 13.0. The van der Waals surface area contributed by atoms with Crippen molar-refractivity contribution in [3.8, 4) is 0 Å². The second-order valence-corrected chi connectivity index (χ2v) is 7.01. The van der Waals surface area contributed by atoms with Gasteiger partial charge in [0.05, 0.1) is 42.8 Å². The molecule has 0 saturated heterocycles. The molecule has 0 aliphatic carbocycles. The Bertz CT molecular complexity index is 389. The fourth-order valence-electron chi connectivity index (χ4n) is 2.16. The van der Waals surface area contributed by atoms with Crippen LogP contribution in [0, 0.1) is 5.92 Å². The summed E-state index contributed by atoms with van der Waals surface area (Å²) in [5.74, 6) is -0.325. The number of likely N-dealkylation sites (N-methyl/N-ethyl adjacent to an activating group) is 1. The topological polar surface area (TPSA) is 86.3 Å². The van der Waals surface area contributed by atoms with Crippen LogP contribution in [0.1, 0.15) is 34.1 Å². The maximum Gasteiger partial charge on any atom is 0.222 e. The van der Waals surface area contributed by atoms with Crippen LogP contribution in [-0.4, -0.2) is 61.8 Å². The van der Waals surface area contributed by atoms with Gasteiger partial charge < -0.3 is 14.4 Å². The van der Waals surface area contributed by atoms with Gasteiger partial charge >= 0.3 is 0 Å². The highest BCUT2D eigenvalue weighted by Gasteiger charge is 2.23. The van der Waals surface area contributed by atoms with E-state index in [1.54, 1.807) is 0 Å². The fraction of sp³-hybridized carbons (Fsp3) is 0.923. The summed E-state index contributed by atoms with van der Waals surface area (Å²) in [7, 11) is -4.14. The highest BCUT2D eigenvalue weighted by molar-refractivity contribution is 7.85. The number of rotatable bonds is 10. The van der Waals surface area contributed by atoms with Gasteiger partial charge in [-0.2, -0.15) is 0 Å². The Kier molecular flexibility index (Phi) is 8.30. The molecule has 0 saturated carbocycles. The van der Waals surface area contributed by atoms with Crippen LogP contribution >= 0.6 is 0 Å². The molecule has 20 heavy (non-hydrogen) atoms. The molecule has 0 aromatic heterocycles. The monoisotopic (exact) mass is 308 g/mol. The second kappa shape index (κ2) is 8.59. The van der Waals surface area contributed by atoms with E-state index in [0.717, 1.165) is 19.6 Å². The Balaban J connectivity index is 4.34. The third-order valence-corrected chi connectivity index (χ3v) is 4.57. The van der Waals surface area contributed by atoms with Gasteiger partial charge in [0.15, 0.2) is 0 Å². The summed E-state index contributed by atoms with van der Waals surface area (Å²) in [5, 5.41) is 2.88. The molecule has 120 valence electrons. The SMILES string of the molecule is CC[N+](CC)(CCCS(=O)(=O)[O-])CCNC(=O)C(C)C. The first-order valence-electron chi connectivity index (χ1n) is 7.22. The summed E-state index contributed by atoms with van der Waals surface area (Å²) < 4.78 is 32.7. The van der Waals surface area contributed by atoms with Crippen molar-refractivity contribution in [1.82, 2.24) is 5.32 Å². The molecule has 7 heteroatoms. The fourth-order valence-corrected chi connectivity index (χ4v) is 2.65. The van der Waals surface area contributed by atoms with Crippen LogP contribution in [0.2, 0.25) is 0 Å². The van der Waals surface area contributed by atoms with Gasteiger partial charge in [-0.05, 0) is 13.8 Å². The molecule has 0 aliphatic heterocycles. The summed E-state index contributed by atoms with van der Waals surface area (Å²) >= 11 is 0. The van der Waals surface area contributed by atoms with Gasteiger partial charge in [0.2, 0.25) is 5.91 Å². The van der Waals surface area contributed by atoms with Crippen molar-refractivity contribution in [2.45, 2.75) is 34.1 Å². The maximum atomic E-state index is 11.5. The minimum Gasteiger partial charge on any atom is -0.748 e. The third kappa shape index (κ3) is 7.81. The van der Waals surface area contributed by atoms with E-state index >= 15 is 0 Å². The minimum absolute atomic E-state index is 0.0254. The molecule has 0 aromatic carbocycles.